The number of rotatable bonds is 3. The molecule has 8 nitrogen and oxygen atoms in total. The van der Waals surface area contributed by atoms with Gasteiger partial charge < -0.3 is 15.5 Å². The van der Waals surface area contributed by atoms with Gasteiger partial charge in [0.25, 0.3) is 5.91 Å². The summed E-state index contributed by atoms with van der Waals surface area (Å²) in [6.07, 6.45) is 1.96. The van der Waals surface area contributed by atoms with E-state index in [4.69, 9.17) is 11.6 Å². The Labute approximate surface area is 138 Å². The highest BCUT2D eigenvalue weighted by Gasteiger charge is 2.18. The molecule has 4 N–H and O–H groups in total. The fourth-order valence-corrected chi connectivity index (χ4v) is 2.18. The molecular formula is C14H18ClN5O3. The van der Waals surface area contributed by atoms with Crippen molar-refractivity contribution in [2.24, 2.45) is 0 Å². The van der Waals surface area contributed by atoms with Gasteiger partial charge in [-0.05, 0) is 37.1 Å². The standard InChI is InChI=1S/C14H18ClN5O3/c15-10-3-5-11(6-4-10)17-13(22)19-18-12(21)9-16-14(23)20-7-1-2-8-20/h3-6H,1-2,7-9H2,(H,16,23)(H,18,21)(H2,17,19,22). The van der Waals surface area contributed by atoms with Crippen molar-refractivity contribution in [3.8, 4) is 0 Å². The molecule has 1 aromatic carbocycles. The van der Waals surface area contributed by atoms with Gasteiger partial charge in [-0.1, -0.05) is 11.6 Å². The number of carbonyl (C=O) groups is 3. The minimum atomic E-state index is -0.605. The minimum Gasteiger partial charge on any atom is -0.329 e. The molecule has 0 spiro atoms. The van der Waals surface area contributed by atoms with Crippen LogP contribution in [0.2, 0.25) is 5.02 Å². The van der Waals surface area contributed by atoms with Gasteiger partial charge in [0.1, 0.15) is 6.54 Å². The van der Waals surface area contributed by atoms with Gasteiger partial charge >= 0.3 is 12.1 Å². The third-order valence-corrected chi connectivity index (χ3v) is 3.46. The summed E-state index contributed by atoms with van der Waals surface area (Å²) in [4.78, 5) is 36.5. The molecule has 0 radical (unpaired) electrons. The lowest BCUT2D eigenvalue weighted by Crippen LogP contribution is -2.49. The first-order chi connectivity index (χ1) is 11.0. The maximum absolute atomic E-state index is 11.7. The van der Waals surface area contributed by atoms with Crippen LogP contribution in [-0.4, -0.2) is 42.5 Å². The number of likely N-dealkylation sites (tertiary alicyclic amines) is 1. The summed E-state index contributed by atoms with van der Waals surface area (Å²) in [7, 11) is 0. The molecule has 23 heavy (non-hydrogen) atoms. The molecule has 1 heterocycles. The number of urea groups is 2. The Hall–Kier alpha value is -2.48. The molecule has 0 aliphatic carbocycles. The van der Waals surface area contributed by atoms with E-state index < -0.39 is 11.9 Å². The first-order valence-electron chi connectivity index (χ1n) is 7.19. The number of hydrogen-bond acceptors (Lipinski definition) is 3. The lowest BCUT2D eigenvalue weighted by atomic mass is 10.3. The van der Waals surface area contributed by atoms with Crippen LogP contribution in [-0.2, 0) is 4.79 Å². The van der Waals surface area contributed by atoms with E-state index in [1.807, 2.05) is 0 Å². The van der Waals surface area contributed by atoms with Gasteiger partial charge in [-0.2, -0.15) is 0 Å². The Morgan fingerprint density at radius 3 is 2.35 bits per heavy atom. The number of amides is 5. The quantitative estimate of drug-likeness (QED) is 0.624. The van der Waals surface area contributed by atoms with Crippen LogP contribution >= 0.6 is 11.6 Å². The molecule has 2 rings (SSSR count). The Morgan fingerprint density at radius 2 is 1.70 bits per heavy atom. The molecule has 124 valence electrons. The number of benzene rings is 1. The highest BCUT2D eigenvalue weighted by Crippen LogP contribution is 2.12. The molecule has 1 aromatic rings. The summed E-state index contributed by atoms with van der Waals surface area (Å²) >= 11 is 5.74. The van der Waals surface area contributed by atoms with E-state index in [1.165, 1.54) is 0 Å². The topological polar surface area (TPSA) is 103 Å². The second kappa shape index (κ2) is 8.23. The number of anilines is 1. The zero-order valence-electron chi connectivity index (χ0n) is 12.4. The molecule has 1 aliphatic rings. The van der Waals surface area contributed by atoms with Crippen molar-refractivity contribution in [2.45, 2.75) is 12.8 Å². The number of hydrazine groups is 1. The first-order valence-corrected chi connectivity index (χ1v) is 7.56. The molecule has 9 heteroatoms. The Bertz CT molecular complexity index is 572. The van der Waals surface area contributed by atoms with Crippen molar-refractivity contribution in [2.75, 3.05) is 25.0 Å². The molecule has 0 saturated carbocycles. The molecule has 0 bridgehead atoms. The first kappa shape index (κ1) is 16.9. The van der Waals surface area contributed by atoms with Crippen molar-refractivity contribution >= 4 is 35.3 Å². The molecular weight excluding hydrogens is 322 g/mol. The van der Waals surface area contributed by atoms with Crippen molar-refractivity contribution in [3.63, 3.8) is 0 Å². The predicted molar refractivity (Wildman–Crippen MR) is 86.0 cm³/mol. The van der Waals surface area contributed by atoms with E-state index in [0.717, 1.165) is 12.8 Å². The van der Waals surface area contributed by atoms with E-state index in [1.54, 1.807) is 29.2 Å². The highest BCUT2D eigenvalue weighted by molar-refractivity contribution is 6.30. The van der Waals surface area contributed by atoms with Crippen molar-refractivity contribution in [1.82, 2.24) is 21.1 Å². The van der Waals surface area contributed by atoms with Crippen LogP contribution in [0, 0.1) is 0 Å². The fraction of sp³-hybridized carbons (Fsp3) is 0.357. The van der Waals surface area contributed by atoms with Gasteiger partial charge in [0.05, 0.1) is 0 Å². The number of nitrogens with zero attached hydrogens (tertiary/aromatic N) is 1. The molecule has 5 amide bonds. The van der Waals surface area contributed by atoms with Gasteiger partial charge in [0.2, 0.25) is 0 Å². The van der Waals surface area contributed by atoms with Gasteiger partial charge in [-0.25, -0.2) is 15.0 Å². The SMILES string of the molecule is O=C(CNC(=O)N1CCCC1)NNC(=O)Nc1ccc(Cl)cc1. The highest BCUT2D eigenvalue weighted by atomic mass is 35.5. The van der Waals surface area contributed by atoms with Gasteiger partial charge in [-0.15, -0.1) is 0 Å². The molecule has 0 atom stereocenters. The predicted octanol–water partition coefficient (Wildman–Crippen LogP) is 1.30. The molecule has 0 aromatic heterocycles. The second-order valence-electron chi connectivity index (χ2n) is 4.99. The van der Waals surface area contributed by atoms with Crippen molar-refractivity contribution < 1.29 is 14.4 Å². The van der Waals surface area contributed by atoms with Gasteiger partial charge in [0, 0.05) is 23.8 Å². The van der Waals surface area contributed by atoms with Gasteiger partial charge in [-0.3, -0.25) is 10.2 Å². The number of carbonyl (C=O) groups excluding carboxylic acids is 3. The monoisotopic (exact) mass is 339 g/mol. The maximum atomic E-state index is 11.7. The number of hydrogen-bond donors (Lipinski definition) is 4. The van der Waals surface area contributed by atoms with Gasteiger partial charge in [0.15, 0.2) is 0 Å². The second-order valence-corrected chi connectivity index (χ2v) is 5.42. The van der Waals surface area contributed by atoms with E-state index in [-0.39, 0.29) is 12.6 Å². The molecule has 1 fully saturated rings. The summed E-state index contributed by atoms with van der Waals surface area (Å²) < 4.78 is 0. The van der Waals surface area contributed by atoms with Crippen LogP contribution < -0.4 is 21.5 Å². The zero-order valence-corrected chi connectivity index (χ0v) is 13.2. The Morgan fingerprint density at radius 1 is 1.04 bits per heavy atom. The van der Waals surface area contributed by atoms with E-state index in [0.29, 0.717) is 23.8 Å². The number of nitrogens with one attached hydrogen (secondary N) is 4. The molecule has 1 saturated heterocycles. The largest absolute Gasteiger partial charge is 0.337 e. The van der Waals surface area contributed by atoms with Crippen LogP contribution in [0.15, 0.2) is 24.3 Å². The summed E-state index contributed by atoms with van der Waals surface area (Å²) in [6.45, 7) is 1.20. The maximum Gasteiger partial charge on any atom is 0.337 e. The normalized spacial score (nSPS) is 13.3. The van der Waals surface area contributed by atoms with Crippen LogP contribution in [0.3, 0.4) is 0 Å². The third kappa shape index (κ3) is 5.67. The summed E-state index contributed by atoms with van der Waals surface area (Å²) in [5.41, 5.74) is 4.92. The van der Waals surface area contributed by atoms with Crippen molar-refractivity contribution in [1.29, 1.82) is 0 Å². The van der Waals surface area contributed by atoms with E-state index in [9.17, 15) is 14.4 Å². The van der Waals surface area contributed by atoms with Crippen LogP contribution in [0.25, 0.3) is 0 Å². The lowest BCUT2D eigenvalue weighted by molar-refractivity contribution is -0.120. The third-order valence-electron chi connectivity index (χ3n) is 3.21. The van der Waals surface area contributed by atoms with E-state index in [2.05, 4.69) is 21.5 Å². The summed E-state index contributed by atoms with van der Waals surface area (Å²) in [5.74, 6) is -0.524. The average molecular weight is 340 g/mol. The Balaban J connectivity index is 1.64. The summed E-state index contributed by atoms with van der Waals surface area (Å²) in [6, 6.07) is 5.63. The van der Waals surface area contributed by atoms with E-state index >= 15 is 0 Å². The Kier molecular flexibility index (Phi) is 6.04. The molecule has 0 unspecified atom stereocenters. The lowest BCUT2D eigenvalue weighted by Gasteiger charge is -2.16. The zero-order chi connectivity index (χ0) is 16.7. The fourth-order valence-electron chi connectivity index (χ4n) is 2.05. The van der Waals surface area contributed by atoms with Crippen LogP contribution in [0.4, 0.5) is 15.3 Å². The number of halogens is 1. The smallest absolute Gasteiger partial charge is 0.329 e. The average Bonchev–Trinajstić information content (AvgIpc) is 3.07. The minimum absolute atomic E-state index is 0.212. The van der Waals surface area contributed by atoms with Crippen LogP contribution in [0.5, 0.6) is 0 Å². The summed E-state index contributed by atoms with van der Waals surface area (Å²) in [5, 5.41) is 5.56. The van der Waals surface area contributed by atoms with Crippen molar-refractivity contribution in [3.05, 3.63) is 29.3 Å². The molecule has 1 aliphatic heterocycles. The van der Waals surface area contributed by atoms with Crippen LogP contribution in [0.1, 0.15) is 12.8 Å².